The van der Waals surface area contributed by atoms with Gasteiger partial charge in [-0.3, -0.25) is 0 Å². The number of halogens is 1. The predicted octanol–water partition coefficient (Wildman–Crippen LogP) is 3.50. The molecule has 1 fully saturated rings. The number of rotatable bonds is 4. The van der Waals surface area contributed by atoms with Crippen molar-refractivity contribution in [1.29, 1.82) is 0 Å². The van der Waals surface area contributed by atoms with Crippen molar-refractivity contribution in [2.45, 2.75) is 26.2 Å². The van der Waals surface area contributed by atoms with Crippen LogP contribution in [0.2, 0.25) is 0 Å². The van der Waals surface area contributed by atoms with Crippen molar-refractivity contribution in [1.82, 2.24) is 4.98 Å². The van der Waals surface area contributed by atoms with Gasteiger partial charge in [-0.15, -0.1) is 11.3 Å². The highest BCUT2D eigenvalue weighted by Gasteiger charge is 2.40. The monoisotopic (exact) mass is 259 g/mol. The highest BCUT2D eigenvalue weighted by molar-refractivity contribution is 9.09. The van der Waals surface area contributed by atoms with Gasteiger partial charge in [0.05, 0.1) is 11.2 Å². The van der Waals surface area contributed by atoms with Crippen LogP contribution in [0.5, 0.6) is 0 Å². The fourth-order valence-corrected chi connectivity index (χ4v) is 3.03. The third-order valence-electron chi connectivity index (χ3n) is 2.94. The summed E-state index contributed by atoms with van der Waals surface area (Å²) in [5.41, 5.74) is 3.63. The number of alkyl halides is 1. The summed E-state index contributed by atoms with van der Waals surface area (Å²) >= 11 is 5.33. The molecule has 0 aromatic carbocycles. The molecular formula is C10H14BrNS. The molecule has 1 atom stereocenters. The number of thiazole rings is 1. The quantitative estimate of drug-likeness (QED) is 0.755. The van der Waals surface area contributed by atoms with Gasteiger partial charge in [0.2, 0.25) is 0 Å². The fourth-order valence-electron chi connectivity index (χ4n) is 1.82. The molecule has 0 radical (unpaired) electrons. The topological polar surface area (TPSA) is 12.9 Å². The first-order valence-corrected chi connectivity index (χ1v) is 6.74. The Balaban J connectivity index is 2.05. The molecule has 1 saturated carbocycles. The van der Waals surface area contributed by atoms with Crippen LogP contribution in [-0.4, -0.2) is 10.3 Å². The Morgan fingerprint density at radius 2 is 2.46 bits per heavy atom. The Hall–Kier alpha value is 0.110. The van der Waals surface area contributed by atoms with Gasteiger partial charge in [-0.25, -0.2) is 4.98 Å². The first kappa shape index (κ1) is 9.66. The average Bonchev–Trinajstić information content (AvgIpc) is 2.88. The molecule has 0 N–H and O–H groups in total. The van der Waals surface area contributed by atoms with Crippen LogP contribution >= 0.6 is 27.3 Å². The minimum absolute atomic E-state index is 0.439. The van der Waals surface area contributed by atoms with Crippen molar-refractivity contribution in [3.8, 4) is 0 Å². The lowest BCUT2D eigenvalue weighted by molar-refractivity contribution is 0.316. The Morgan fingerprint density at radius 1 is 1.69 bits per heavy atom. The summed E-state index contributed by atoms with van der Waals surface area (Å²) in [6, 6.07) is 0. The third-order valence-corrected chi connectivity index (χ3v) is 4.85. The minimum Gasteiger partial charge on any atom is -0.250 e. The number of hydrogen-bond donors (Lipinski definition) is 0. The van der Waals surface area contributed by atoms with Crippen LogP contribution in [0.4, 0.5) is 0 Å². The van der Waals surface area contributed by atoms with Gasteiger partial charge < -0.3 is 0 Å². The van der Waals surface area contributed by atoms with Crippen LogP contribution in [0.1, 0.15) is 25.5 Å². The molecule has 0 aliphatic heterocycles. The van der Waals surface area contributed by atoms with E-state index < -0.39 is 0 Å². The molecule has 1 aromatic rings. The van der Waals surface area contributed by atoms with E-state index in [9.17, 15) is 0 Å². The van der Waals surface area contributed by atoms with Crippen LogP contribution in [0.25, 0.3) is 0 Å². The zero-order valence-electron chi connectivity index (χ0n) is 7.79. The van der Waals surface area contributed by atoms with E-state index in [1.54, 1.807) is 11.3 Å². The van der Waals surface area contributed by atoms with E-state index >= 15 is 0 Å². The summed E-state index contributed by atoms with van der Waals surface area (Å²) < 4.78 is 0. The van der Waals surface area contributed by atoms with Crippen molar-refractivity contribution >= 4 is 27.3 Å². The maximum Gasteiger partial charge on any atom is 0.0794 e. The summed E-state index contributed by atoms with van der Waals surface area (Å²) in [5, 5.41) is 3.27. The lowest BCUT2D eigenvalue weighted by atomic mass is 9.83. The molecule has 1 heterocycles. The molecular weight excluding hydrogens is 246 g/mol. The first-order valence-electron chi connectivity index (χ1n) is 4.67. The van der Waals surface area contributed by atoms with Crippen molar-refractivity contribution in [3.63, 3.8) is 0 Å². The van der Waals surface area contributed by atoms with E-state index in [1.165, 1.54) is 18.5 Å². The minimum atomic E-state index is 0.439. The van der Waals surface area contributed by atoms with Crippen molar-refractivity contribution in [2.75, 3.05) is 5.33 Å². The second kappa shape index (κ2) is 3.70. The molecule has 2 rings (SSSR count). The molecule has 1 aromatic heterocycles. The van der Waals surface area contributed by atoms with Gasteiger partial charge in [0.1, 0.15) is 0 Å². The molecule has 0 amide bonds. The highest BCUT2D eigenvalue weighted by atomic mass is 79.9. The van der Waals surface area contributed by atoms with Crippen LogP contribution in [0, 0.1) is 11.3 Å². The maximum absolute atomic E-state index is 4.36. The number of nitrogens with zero attached hydrogens (tertiary/aromatic N) is 1. The van der Waals surface area contributed by atoms with E-state index in [1.807, 2.05) is 5.51 Å². The molecule has 1 aliphatic rings. The summed E-state index contributed by atoms with van der Waals surface area (Å²) in [5.74, 6) is 0.925. The van der Waals surface area contributed by atoms with Crippen LogP contribution in [-0.2, 0) is 6.42 Å². The van der Waals surface area contributed by atoms with Gasteiger partial charge >= 0.3 is 0 Å². The molecule has 0 spiro atoms. The average molecular weight is 260 g/mol. The molecule has 3 heteroatoms. The van der Waals surface area contributed by atoms with E-state index in [0.29, 0.717) is 5.41 Å². The third kappa shape index (κ3) is 2.13. The Morgan fingerprint density at radius 3 is 2.92 bits per heavy atom. The molecule has 1 unspecified atom stereocenters. The molecule has 1 aliphatic carbocycles. The largest absolute Gasteiger partial charge is 0.250 e. The van der Waals surface area contributed by atoms with Gasteiger partial charge in [-0.1, -0.05) is 22.9 Å². The van der Waals surface area contributed by atoms with Crippen molar-refractivity contribution < 1.29 is 0 Å². The number of hydrogen-bond acceptors (Lipinski definition) is 2. The first-order chi connectivity index (χ1) is 6.24. The molecule has 0 bridgehead atoms. The van der Waals surface area contributed by atoms with Crippen LogP contribution in [0.15, 0.2) is 10.9 Å². The molecule has 1 nitrogen and oxygen atoms in total. The normalized spacial score (nSPS) is 21.4. The lowest BCUT2D eigenvalue weighted by Gasteiger charge is -2.26. The van der Waals surface area contributed by atoms with Gasteiger partial charge in [0, 0.05) is 10.7 Å². The van der Waals surface area contributed by atoms with Gasteiger partial charge in [-0.2, -0.15) is 0 Å². The van der Waals surface area contributed by atoms with E-state index in [2.05, 4.69) is 33.2 Å². The molecule has 72 valence electrons. The standard InChI is InChI=1S/C10H14BrNS/c1-10(6-11,8-2-3-8)4-9-5-13-7-12-9/h5,7-8H,2-4,6H2,1H3. The molecule has 13 heavy (non-hydrogen) atoms. The Bertz CT molecular complexity index is 268. The summed E-state index contributed by atoms with van der Waals surface area (Å²) in [6.45, 7) is 2.37. The van der Waals surface area contributed by atoms with Gasteiger partial charge in [0.15, 0.2) is 0 Å². The predicted molar refractivity (Wildman–Crippen MR) is 60.4 cm³/mol. The fraction of sp³-hybridized carbons (Fsp3) is 0.700. The lowest BCUT2D eigenvalue weighted by Crippen LogP contribution is -2.24. The Labute approximate surface area is 91.7 Å². The van der Waals surface area contributed by atoms with E-state index in [-0.39, 0.29) is 0 Å². The summed E-state index contributed by atoms with van der Waals surface area (Å²) in [4.78, 5) is 4.36. The van der Waals surface area contributed by atoms with E-state index in [0.717, 1.165) is 17.7 Å². The van der Waals surface area contributed by atoms with Crippen molar-refractivity contribution in [3.05, 3.63) is 16.6 Å². The summed E-state index contributed by atoms with van der Waals surface area (Å²) in [7, 11) is 0. The SMILES string of the molecule is CC(CBr)(Cc1cscn1)C1CC1. The second-order valence-corrected chi connectivity index (χ2v) is 5.50. The zero-order chi connectivity index (χ0) is 9.31. The number of aromatic nitrogens is 1. The van der Waals surface area contributed by atoms with Crippen LogP contribution < -0.4 is 0 Å². The smallest absolute Gasteiger partial charge is 0.0794 e. The zero-order valence-corrected chi connectivity index (χ0v) is 10.2. The van der Waals surface area contributed by atoms with Gasteiger partial charge in [-0.05, 0) is 30.6 Å². The summed E-state index contributed by atoms with van der Waals surface area (Å²) in [6.07, 6.45) is 3.95. The molecule has 0 saturated heterocycles. The highest BCUT2D eigenvalue weighted by Crippen LogP contribution is 2.48. The van der Waals surface area contributed by atoms with Crippen molar-refractivity contribution in [2.24, 2.45) is 11.3 Å². The Kier molecular flexibility index (Phi) is 2.75. The maximum atomic E-state index is 4.36. The van der Waals surface area contributed by atoms with Crippen LogP contribution in [0.3, 0.4) is 0 Å². The van der Waals surface area contributed by atoms with Gasteiger partial charge in [0.25, 0.3) is 0 Å². The second-order valence-electron chi connectivity index (χ2n) is 4.22. The van der Waals surface area contributed by atoms with E-state index in [4.69, 9.17) is 0 Å².